The molecule has 1 aliphatic heterocycles. The van der Waals surface area contributed by atoms with Gasteiger partial charge in [-0.2, -0.15) is 4.99 Å². The molecule has 6 heteroatoms. The van der Waals surface area contributed by atoms with Gasteiger partial charge in [-0.05, 0) is 23.5 Å². The number of morpholine rings is 1. The van der Waals surface area contributed by atoms with Crippen LogP contribution in [0.2, 0.25) is 0 Å². The molecule has 140 valence electrons. The average molecular weight is 356 g/mol. The van der Waals surface area contributed by atoms with Crippen LogP contribution in [0.4, 0.5) is 5.82 Å². The topological polar surface area (TPSA) is 76.9 Å². The molecule has 2 N–H and O–H groups in total. The maximum Gasteiger partial charge on any atom is 0.198 e. The van der Waals surface area contributed by atoms with Crippen LogP contribution in [-0.2, 0) is 11.2 Å². The predicted molar refractivity (Wildman–Crippen MR) is 103 cm³/mol. The van der Waals surface area contributed by atoms with Crippen molar-refractivity contribution in [2.45, 2.75) is 33.1 Å². The molecule has 0 saturated carbocycles. The largest absolute Gasteiger partial charge is 0.378 e. The highest BCUT2D eigenvalue weighted by Gasteiger charge is 2.16. The molecular weight excluding hydrogens is 328 g/mol. The van der Waals surface area contributed by atoms with Gasteiger partial charge in [0.25, 0.3) is 0 Å². The third kappa shape index (κ3) is 4.64. The molecule has 2 heterocycles. The Morgan fingerprint density at radius 2 is 1.88 bits per heavy atom. The summed E-state index contributed by atoms with van der Waals surface area (Å²) in [6, 6.07) is 10.6. The Morgan fingerprint density at radius 3 is 2.54 bits per heavy atom. The second-order valence-corrected chi connectivity index (χ2v) is 7.22. The third-order valence-electron chi connectivity index (χ3n) is 4.63. The smallest absolute Gasteiger partial charge is 0.198 e. The first-order chi connectivity index (χ1) is 12.5. The number of rotatable bonds is 5. The monoisotopic (exact) mass is 356 g/mol. The zero-order valence-electron chi connectivity index (χ0n) is 15.8. The second-order valence-electron chi connectivity index (χ2n) is 7.22. The van der Waals surface area contributed by atoms with Crippen LogP contribution in [0.15, 0.2) is 39.8 Å². The van der Waals surface area contributed by atoms with Gasteiger partial charge in [0, 0.05) is 25.1 Å². The van der Waals surface area contributed by atoms with E-state index in [4.69, 9.17) is 15.0 Å². The van der Waals surface area contributed by atoms with Crippen molar-refractivity contribution < 1.29 is 9.26 Å². The van der Waals surface area contributed by atoms with E-state index in [9.17, 15) is 0 Å². The molecule has 1 saturated heterocycles. The van der Waals surface area contributed by atoms with Gasteiger partial charge in [-0.3, -0.25) is 0 Å². The zero-order valence-corrected chi connectivity index (χ0v) is 15.8. The Kier molecular flexibility index (Phi) is 5.93. The predicted octanol–water partition coefficient (Wildman–Crippen LogP) is 3.30. The van der Waals surface area contributed by atoms with Crippen molar-refractivity contribution >= 4 is 11.8 Å². The maximum absolute atomic E-state index is 6.07. The summed E-state index contributed by atoms with van der Waals surface area (Å²) in [7, 11) is 0. The molecule has 6 nitrogen and oxygen atoms in total. The molecule has 2 aromatic rings. The molecule has 1 fully saturated rings. The Labute approximate surface area is 155 Å². The highest BCUT2D eigenvalue weighted by Crippen LogP contribution is 2.27. The van der Waals surface area contributed by atoms with Crippen LogP contribution in [0, 0.1) is 5.92 Å². The van der Waals surface area contributed by atoms with E-state index in [1.807, 2.05) is 11.0 Å². The van der Waals surface area contributed by atoms with Crippen molar-refractivity contribution in [1.29, 1.82) is 0 Å². The molecule has 0 amide bonds. The summed E-state index contributed by atoms with van der Waals surface area (Å²) >= 11 is 0. The van der Waals surface area contributed by atoms with E-state index in [2.05, 4.69) is 55.2 Å². The molecule has 1 unspecified atom stereocenters. The second kappa shape index (κ2) is 8.36. The number of guanidine groups is 1. The van der Waals surface area contributed by atoms with Gasteiger partial charge in [-0.1, -0.05) is 50.2 Å². The van der Waals surface area contributed by atoms with Crippen LogP contribution >= 0.6 is 0 Å². The lowest BCUT2D eigenvalue weighted by atomic mass is 9.95. The van der Waals surface area contributed by atoms with Gasteiger partial charge in [-0.25, -0.2) is 0 Å². The van der Waals surface area contributed by atoms with Crippen LogP contribution in [0.25, 0.3) is 0 Å². The van der Waals surface area contributed by atoms with Crippen LogP contribution in [-0.4, -0.2) is 42.3 Å². The standard InChI is InChI=1S/C20H28N4O2/c1-14(2)12-16-4-6-17(7-5-16)15(3)18-13-19(23-26-18)22-20(21)24-8-10-25-11-9-24/h4-7,13-15H,8-12H2,1-3H3,(H2,21,22,23). The Balaban J connectivity index is 1.68. The van der Waals surface area contributed by atoms with Crippen molar-refractivity contribution in [3.63, 3.8) is 0 Å². The summed E-state index contributed by atoms with van der Waals surface area (Å²) in [6.45, 7) is 9.41. The first-order valence-electron chi connectivity index (χ1n) is 9.25. The number of hydrogen-bond donors (Lipinski definition) is 1. The van der Waals surface area contributed by atoms with Gasteiger partial charge in [0.05, 0.1) is 13.2 Å². The van der Waals surface area contributed by atoms with E-state index in [1.54, 1.807) is 0 Å². The summed E-state index contributed by atoms with van der Waals surface area (Å²) < 4.78 is 10.8. The Morgan fingerprint density at radius 1 is 1.19 bits per heavy atom. The summed E-state index contributed by atoms with van der Waals surface area (Å²) in [5.74, 6) is 2.52. The lowest BCUT2D eigenvalue weighted by molar-refractivity contribution is 0.0675. The first-order valence-corrected chi connectivity index (χ1v) is 9.25. The number of nitrogens with two attached hydrogens (primary N) is 1. The quantitative estimate of drug-likeness (QED) is 0.657. The van der Waals surface area contributed by atoms with Crippen molar-refractivity contribution in [3.05, 3.63) is 47.2 Å². The van der Waals surface area contributed by atoms with E-state index in [1.165, 1.54) is 11.1 Å². The summed E-state index contributed by atoms with van der Waals surface area (Å²) in [6.07, 6.45) is 1.09. The normalized spacial score (nSPS) is 16.9. The lowest BCUT2D eigenvalue weighted by Crippen LogP contribution is -2.44. The van der Waals surface area contributed by atoms with E-state index < -0.39 is 0 Å². The molecule has 1 atom stereocenters. The number of hydrogen-bond acceptors (Lipinski definition) is 4. The highest BCUT2D eigenvalue weighted by atomic mass is 16.5. The van der Waals surface area contributed by atoms with Gasteiger partial charge in [0.1, 0.15) is 5.76 Å². The fourth-order valence-electron chi connectivity index (χ4n) is 3.09. The number of aromatic nitrogens is 1. The molecule has 0 radical (unpaired) electrons. The fraction of sp³-hybridized carbons (Fsp3) is 0.500. The van der Waals surface area contributed by atoms with Gasteiger partial charge in [-0.15, -0.1) is 0 Å². The molecule has 0 bridgehead atoms. The van der Waals surface area contributed by atoms with Crippen LogP contribution in [0.3, 0.4) is 0 Å². The zero-order chi connectivity index (χ0) is 18.5. The molecule has 1 aliphatic rings. The van der Waals surface area contributed by atoms with E-state index in [0.29, 0.717) is 30.9 Å². The SMILES string of the molecule is CC(C)Cc1ccc(C(C)c2cc(/N=C(/N)N3CCOCC3)no2)cc1. The minimum Gasteiger partial charge on any atom is -0.378 e. The Bertz CT molecular complexity index is 731. The first kappa shape index (κ1) is 18.5. The highest BCUT2D eigenvalue weighted by molar-refractivity contribution is 5.80. The number of benzene rings is 1. The number of nitrogens with zero attached hydrogens (tertiary/aromatic N) is 3. The minimum absolute atomic E-state index is 0.115. The van der Waals surface area contributed by atoms with Crippen molar-refractivity contribution in [3.8, 4) is 0 Å². The van der Waals surface area contributed by atoms with E-state index in [-0.39, 0.29) is 5.92 Å². The van der Waals surface area contributed by atoms with Crippen molar-refractivity contribution in [1.82, 2.24) is 10.1 Å². The average Bonchev–Trinajstić information content (AvgIpc) is 3.10. The number of aliphatic imine (C=N–C) groups is 1. The maximum atomic E-state index is 6.07. The van der Waals surface area contributed by atoms with E-state index >= 15 is 0 Å². The van der Waals surface area contributed by atoms with Gasteiger partial charge < -0.3 is 19.9 Å². The third-order valence-corrected chi connectivity index (χ3v) is 4.63. The van der Waals surface area contributed by atoms with Crippen molar-refractivity contribution in [2.75, 3.05) is 26.3 Å². The number of ether oxygens (including phenoxy) is 1. The van der Waals surface area contributed by atoms with E-state index in [0.717, 1.165) is 25.3 Å². The summed E-state index contributed by atoms with van der Waals surface area (Å²) in [4.78, 5) is 6.38. The molecule has 26 heavy (non-hydrogen) atoms. The lowest BCUT2D eigenvalue weighted by Gasteiger charge is -2.27. The minimum atomic E-state index is 0.115. The van der Waals surface area contributed by atoms with Crippen LogP contribution in [0.1, 0.15) is 43.6 Å². The summed E-state index contributed by atoms with van der Waals surface area (Å²) in [5.41, 5.74) is 8.63. The van der Waals surface area contributed by atoms with Crippen LogP contribution in [0.5, 0.6) is 0 Å². The molecule has 3 rings (SSSR count). The molecule has 0 spiro atoms. The molecule has 1 aromatic heterocycles. The van der Waals surface area contributed by atoms with Gasteiger partial charge in [0.15, 0.2) is 11.8 Å². The molecule has 1 aromatic carbocycles. The summed E-state index contributed by atoms with van der Waals surface area (Å²) in [5, 5.41) is 4.05. The van der Waals surface area contributed by atoms with Gasteiger partial charge >= 0.3 is 0 Å². The van der Waals surface area contributed by atoms with Gasteiger partial charge in [0.2, 0.25) is 0 Å². The Hall–Kier alpha value is -2.34. The van der Waals surface area contributed by atoms with Crippen LogP contribution < -0.4 is 5.73 Å². The molecule has 0 aliphatic carbocycles. The fourth-order valence-corrected chi connectivity index (χ4v) is 3.09. The molecular formula is C20H28N4O2. The van der Waals surface area contributed by atoms with Crippen molar-refractivity contribution in [2.24, 2.45) is 16.6 Å².